The molecular formula is C21H27N3O4S. The minimum atomic E-state index is -0.654. The molecule has 3 amide bonds. The van der Waals surface area contributed by atoms with E-state index in [0.717, 1.165) is 12.8 Å². The number of amides is 3. The quantitative estimate of drug-likeness (QED) is 0.647. The summed E-state index contributed by atoms with van der Waals surface area (Å²) < 4.78 is -0.603. The van der Waals surface area contributed by atoms with Crippen molar-refractivity contribution in [2.45, 2.75) is 48.8 Å². The fourth-order valence-corrected chi connectivity index (χ4v) is 7.43. The van der Waals surface area contributed by atoms with Crippen molar-refractivity contribution in [1.82, 2.24) is 10.2 Å². The average Bonchev–Trinajstić information content (AvgIpc) is 3.30. The first-order chi connectivity index (χ1) is 13.9. The lowest BCUT2D eigenvalue weighted by atomic mass is 9.70. The number of hydrogen-bond donors (Lipinski definition) is 3. The maximum absolute atomic E-state index is 13.4. The summed E-state index contributed by atoms with van der Waals surface area (Å²) in [4.78, 5) is 41.1. The zero-order valence-electron chi connectivity index (χ0n) is 16.6. The fourth-order valence-electron chi connectivity index (χ4n) is 5.21. The summed E-state index contributed by atoms with van der Waals surface area (Å²) in [5.41, 5.74) is 0.700. The van der Waals surface area contributed by atoms with Gasteiger partial charge in [0.1, 0.15) is 6.04 Å². The second-order valence-electron chi connectivity index (χ2n) is 8.33. The van der Waals surface area contributed by atoms with Gasteiger partial charge in [-0.3, -0.25) is 14.4 Å². The molecule has 5 atom stereocenters. The molecule has 3 N–H and O–H groups in total. The van der Waals surface area contributed by atoms with Gasteiger partial charge in [-0.15, -0.1) is 11.8 Å². The van der Waals surface area contributed by atoms with Gasteiger partial charge in [-0.1, -0.05) is 18.2 Å². The molecule has 0 aromatic heterocycles. The molecule has 4 rings (SSSR count). The number of rotatable bonds is 6. The number of aliphatic hydroxyl groups is 1. The van der Waals surface area contributed by atoms with Crippen LogP contribution in [-0.2, 0) is 14.4 Å². The molecule has 2 unspecified atom stereocenters. The van der Waals surface area contributed by atoms with Crippen molar-refractivity contribution >= 4 is 35.2 Å². The number of carbonyl (C=O) groups is 3. The largest absolute Gasteiger partial charge is 0.395 e. The molecule has 0 radical (unpaired) electrons. The first-order valence-electron chi connectivity index (χ1n) is 10.1. The minimum Gasteiger partial charge on any atom is -0.395 e. The fraction of sp³-hybridized carbons (Fsp3) is 0.571. The SMILES string of the molecule is CC(C)NC(=O)C1N(CCO)C(=O)[C@@H]2[C@H](C(=O)Nc3ccccc3)[C@@H]3CCC12S3. The van der Waals surface area contributed by atoms with Gasteiger partial charge in [-0.05, 0) is 38.8 Å². The number of hydrogen-bond acceptors (Lipinski definition) is 5. The number of aliphatic hydroxyl groups excluding tert-OH is 1. The van der Waals surface area contributed by atoms with Crippen LogP contribution in [0.4, 0.5) is 5.69 Å². The molecule has 3 aliphatic rings. The zero-order chi connectivity index (χ0) is 20.8. The van der Waals surface area contributed by atoms with E-state index in [4.69, 9.17) is 0 Å². The molecule has 3 heterocycles. The lowest BCUT2D eigenvalue weighted by molar-refractivity contribution is -0.139. The Hall–Kier alpha value is -2.06. The molecule has 0 aliphatic carbocycles. The van der Waals surface area contributed by atoms with Crippen LogP contribution in [-0.4, -0.2) is 63.0 Å². The predicted octanol–water partition coefficient (Wildman–Crippen LogP) is 1.23. The third-order valence-corrected chi connectivity index (χ3v) is 8.12. The van der Waals surface area contributed by atoms with Crippen LogP contribution in [0.5, 0.6) is 0 Å². The Morgan fingerprint density at radius 2 is 2.00 bits per heavy atom. The lowest BCUT2D eigenvalue weighted by Crippen LogP contribution is -2.55. The number of thioether (sulfide) groups is 1. The maximum Gasteiger partial charge on any atom is 0.244 e. The predicted molar refractivity (Wildman–Crippen MR) is 111 cm³/mol. The summed E-state index contributed by atoms with van der Waals surface area (Å²) >= 11 is 1.63. The van der Waals surface area contributed by atoms with Crippen molar-refractivity contribution in [2.24, 2.45) is 11.8 Å². The maximum atomic E-state index is 13.4. The van der Waals surface area contributed by atoms with E-state index in [2.05, 4.69) is 10.6 Å². The highest BCUT2D eigenvalue weighted by Crippen LogP contribution is 2.66. The number of benzene rings is 1. The van der Waals surface area contributed by atoms with Crippen molar-refractivity contribution in [3.63, 3.8) is 0 Å². The van der Waals surface area contributed by atoms with Crippen molar-refractivity contribution in [2.75, 3.05) is 18.5 Å². The first kappa shape index (κ1) is 20.2. The van der Waals surface area contributed by atoms with Gasteiger partial charge in [0.05, 0.1) is 23.2 Å². The van der Waals surface area contributed by atoms with Crippen LogP contribution in [0.2, 0.25) is 0 Å². The molecule has 29 heavy (non-hydrogen) atoms. The van der Waals surface area contributed by atoms with Crippen LogP contribution in [0, 0.1) is 11.8 Å². The van der Waals surface area contributed by atoms with Crippen LogP contribution in [0.1, 0.15) is 26.7 Å². The summed E-state index contributed by atoms with van der Waals surface area (Å²) in [6, 6.07) is 8.51. The molecular weight excluding hydrogens is 390 g/mol. The highest BCUT2D eigenvalue weighted by Gasteiger charge is 2.73. The molecule has 3 fully saturated rings. The molecule has 0 saturated carbocycles. The molecule has 2 bridgehead atoms. The van der Waals surface area contributed by atoms with Crippen LogP contribution < -0.4 is 10.6 Å². The van der Waals surface area contributed by atoms with Crippen LogP contribution in [0.3, 0.4) is 0 Å². The van der Waals surface area contributed by atoms with Crippen LogP contribution >= 0.6 is 11.8 Å². The third kappa shape index (κ3) is 3.22. The van der Waals surface area contributed by atoms with Crippen molar-refractivity contribution in [3.8, 4) is 0 Å². The average molecular weight is 418 g/mol. The van der Waals surface area contributed by atoms with E-state index >= 15 is 0 Å². The summed E-state index contributed by atoms with van der Waals surface area (Å²) in [5.74, 6) is -1.56. The molecule has 1 aromatic rings. The van der Waals surface area contributed by atoms with Gasteiger partial charge in [-0.2, -0.15) is 0 Å². The molecule has 3 aliphatic heterocycles. The normalized spacial score (nSPS) is 32.6. The number of anilines is 1. The molecule has 3 saturated heterocycles. The topological polar surface area (TPSA) is 98.7 Å². The van der Waals surface area contributed by atoms with E-state index in [9.17, 15) is 19.5 Å². The van der Waals surface area contributed by atoms with E-state index in [1.54, 1.807) is 11.8 Å². The van der Waals surface area contributed by atoms with E-state index < -0.39 is 22.6 Å². The number of fused-ring (bicyclic) bond motifs is 1. The Balaban J connectivity index is 1.65. The van der Waals surface area contributed by atoms with E-state index in [1.807, 2.05) is 44.2 Å². The lowest BCUT2D eigenvalue weighted by Gasteiger charge is -2.34. The van der Waals surface area contributed by atoms with Gasteiger partial charge >= 0.3 is 0 Å². The third-order valence-electron chi connectivity index (χ3n) is 6.16. The number of para-hydroxylation sites is 1. The van der Waals surface area contributed by atoms with Crippen molar-refractivity contribution in [3.05, 3.63) is 30.3 Å². The standard InChI is InChI=1S/C21H27N3O4S/c1-12(2)22-19(27)17-21-9-8-14(29-21)15(16(21)20(28)24(17)10-11-25)18(26)23-13-6-4-3-5-7-13/h3-7,12,14-17,25H,8-11H2,1-2H3,(H,22,27)(H,23,26)/t14-,15+,16-,17?,21?/m0/s1. The summed E-state index contributed by atoms with van der Waals surface area (Å²) in [7, 11) is 0. The smallest absolute Gasteiger partial charge is 0.244 e. The number of nitrogens with zero attached hydrogens (tertiary/aromatic N) is 1. The van der Waals surface area contributed by atoms with Crippen LogP contribution in [0.25, 0.3) is 0 Å². The summed E-state index contributed by atoms with van der Waals surface area (Å²) in [6.45, 7) is 3.66. The van der Waals surface area contributed by atoms with Gasteiger partial charge in [-0.25, -0.2) is 0 Å². The Bertz CT molecular complexity index is 817. The Kier molecular flexibility index (Phi) is 5.33. The highest BCUT2D eigenvalue weighted by atomic mass is 32.2. The Morgan fingerprint density at radius 1 is 1.28 bits per heavy atom. The summed E-state index contributed by atoms with van der Waals surface area (Å²) in [5, 5.41) is 15.4. The van der Waals surface area contributed by atoms with E-state index in [1.165, 1.54) is 4.90 Å². The number of likely N-dealkylation sites (tertiary alicyclic amines) is 1. The molecule has 8 heteroatoms. The molecule has 156 valence electrons. The zero-order valence-corrected chi connectivity index (χ0v) is 17.4. The number of carbonyl (C=O) groups excluding carboxylic acids is 3. The van der Waals surface area contributed by atoms with E-state index in [-0.39, 0.29) is 42.2 Å². The Labute approximate surface area is 174 Å². The first-order valence-corrected chi connectivity index (χ1v) is 11.0. The van der Waals surface area contributed by atoms with Gasteiger partial charge in [0.15, 0.2) is 0 Å². The number of β-amino-alcohol motifs (C(OH)–C–C–N with tert-alkyl or cyclic N) is 1. The molecule has 1 spiro atoms. The van der Waals surface area contributed by atoms with Crippen molar-refractivity contribution < 1.29 is 19.5 Å². The van der Waals surface area contributed by atoms with Gasteiger partial charge in [0, 0.05) is 23.5 Å². The minimum absolute atomic E-state index is 0.0262. The van der Waals surface area contributed by atoms with E-state index in [0.29, 0.717) is 5.69 Å². The monoisotopic (exact) mass is 417 g/mol. The van der Waals surface area contributed by atoms with Crippen LogP contribution in [0.15, 0.2) is 30.3 Å². The Morgan fingerprint density at radius 3 is 2.66 bits per heavy atom. The van der Waals surface area contributed by atoms with Gasteiger partial charge < -0.3 is 20.6 Å². The van der Waals surface area contributed by atoms with Gasteiger partial charge in [0.25, 0.3) is 0 Å². The summed E-state index contributed by atoms with van der Waals surface area (Å²) in [6.07, 6.45) is 1.53. The second kappa shape index (κ2) is 7.65. The number of nitrogens with one attached hydrogen (secondary N) is 2. The molecule has 1 aromatic carbocycles. The second-order valence-corrected chi connectivity index (χ2v) is 9.93. The van der Waals surface area contributed by atoms with Crippen molar-refractivity contribution in [1.29, 1.82) is 0 Å². The van der Waals surface area contributed by atoms with Gasteiger partial charge in [0.2, 0.25) is 17.7 Å². The molecule has 7 nitrogen and oxygen atoms in total. The highest BCUT2D eigenvalue weighted by molar-refractivity contribution is 8.02.